The second-order valence-electron chi connectivity index (χ2n) is 5.99. The Morgan fingerprint density at radius 3 is 2.78 bits per heavy atom. The van der Waals surface area contributed by atoms with Crippen LogP contribution in [0.3, 0.4) is 0 Å². The first-order valence-corrected chi connectivity index (χ1v) is 9.16. The summed E-state index contributed by atoms with van der Waals surface area (Å²) < 4.78 is 1.58. The van der Waals surface area contributed by atoms with Crippen LogP contribution in [0.4, 0.5) is 0 Å². The number of fused-ring (bicyclic) bond motifs is 1. The van der Waals surface area contributed by atoms with Crippen LogP contribution in [0.15, 0.2) is 58.8 Å². The molecule has 4 aromatic rings. The Hall–Kier alpha value is -3.39. The maximum atomic E-state index is 12.4. The molecule has 8 heteroatoms. The first kappa shape index (κ1) is 17.0. The Bertz CT molecular complexity index is 1150. The number of H-pyrrole nitrogens is 1. The van der Waals surface area contributed by atoms with Crippen LogP contribution in [0.5, 0.6) is 5.75 Å². The summed E-state index contributed by atoms with van der Waals surface area (Å²) >= 11 is 1.50. The van der Waals surface area contributed by atoms with Gasteiger partial charge in [0.2, 0.25) is 0 Å². The molecule has 3 aromatic heterocycles. The molecule has 0 aliphatic heterocycles. The monoisotopic (exact) mass is 380 g/mol. The maximum Gasteiger partial charge on any atom is 0.266 e. The molecule has 0 radical (unpaired) electrons. The number of benzene rings is 1. The molecule has 0 atom stereocenters. The van der Waals surface area contributed by atoms with Crippen molar-refractivity contribution in [2.45, 2.75) is 13.1 Å². The van der Waals surface area contributed by atoms with Crippen molar-refractivity contribution in [2.75, 3.05) is 0 Å². The number of nitrogens with one attached hydrogen (secondary N) is 2. The molecule has 7 nitrogen and oxygen atoms in total. The van der Waals surface area contributed by atoms with E-state index in [0.29, 0.717) is 24.1 Å². The summed E-state index contributed by atoms with van der Waals surface area (Å²) in [7, 11) is 0. The average molecular weight is 380 g/mol. The molecule has 3 N–H and O–H groups in total. The van der Waals surface area contributed by atoms with Crippen LogP contribution in [-0.2, 0) is 13.1 Å². The van der Waals surface area contributed by atoms with Gasteiger partial charge in [-0.15, -0.1) is 11.3 Å². The van der Waals surface area contributed by atoms with E-state index < -0.39 is 11.5 Å². The van der Waals surface area contributed by atoms with Gasteiger partial charge in [0.25, 0.3) is 11.5 Å². The highest BCUT2D eigenvalue weighted by Crippen LogP contribution is 2.25. The van der Waals surface area contributed by atoms with Crippen molar-refractivity contribution in [3.8, 4) is 5.75 Å². The van der Waals surface area contributed by atoms with Crippen LogP contribution in [-0.4, -0.2) is 25.8 Å². The normalized spacial score (nSPS) is 11.0. The lowest BCUT2D eigenvalue weighted by Crippen LogP contribution is -2.29. The number of thiophene rings is 1. The number of rotatable bonds is 5. The number of carbonyl (C=O) groups excluding carboxylic acids is 1. The van der Waals surface area contributed by atoms with Crippen molar-refractivity contribution in [3.05, 3.63) is 80.4 Å². The third kappa shape index (κ3) is 3.34. The van der Waals surface area contributed by atoms with Gasteiger partial charge >= 0.3 is 0 Å². The lowest BCUT2D eigenvalue weighted by molar-refractivity contribution is 0.0947. The predicted molar refractivity (Wildman–Crippen MR) is 103 cm³/mol. The summed E-state index contributed by atoms with van der Waals surface area (Å²) in [6.07, 6.45) is 1.44. The number of hydrogen-bond donors (Lipinski definition) is 3. The number of nitrogens with zero attached hydrogens (tertiary/aromatic N) is 2. The summed E-state index contributed by atoms with van der Waals surface area (Å²) in [6.45, 7) is 0.727. The number of carbonyl (C=O) groups is 1. The van der Waals surface area contributed by atoms with E-state index in [0.717, 1.165) is 10.4 Å². The van der Waals surface area contributed by atoms with E-state index in [9.17, 15) is 14.7 Å². The molecule has 27 heavy (non-hydrogen) atoms. The van der Waals surface area contributed by atoms with E-state index in [1.165, 1.54) is 17.5 Å². The number of hydrogen-bond acceptors (Lipinski definition) is 5. The second-order valence-corrected chi connectivity index (χ2v) is 7.02. The average Bonchev–Trinajstić information content (AvgIpc) is 3.31. The van der Waals surface area contributed by atoms with Gasteiger partial charge in [-0.1, -0.05) is 36.4 Å². The highest BCUT2D eigenvalue weighted by atomic mass is 32.1. The molecule has 4 rings (SSSR count). The zero-order valence-electron chi connectivity index (χ0n) is 14.2. The van der Waals surface area contributed by atoms with Crippen molar-refractivity contribution in [1.29, 1.82) is 0 Å². The van der Waals surface area contributed by atoms with Crippen molar-refractivity contribution in [3.63, 3.8) is 0 Å². The van der Waals surface area contributed by atoms with Gasteiger partial charge in [0, 0.05) is 4.88 Å². The number of amides is 1. The first-order valence-electron chi connectivity index (χ1n) is 8.29. The first-order chi connectivity index (χ1) is 13.1. The number of aromatic hydroxyl groups is 1. The lowest BCUT2D eigenvalue weighted by Gasteiger charge is -2.07. The van der Waals surface area contributed by atoms with Crippen LogP contribution < -0.4 is 10.9 Å². The largest absolute Gasteiger partial charge is 0.506 e. The summed E-state index contributed by atoms with van der Waals surface area (Å²) in [4.78, 5) is 28.5. The number of pyridine rings is 1. The third-order valence-corrected chi connectivity index (χ3v) is 5.07. The van der Waals surface area contributed by atoms with E-state index >= 15 is 0 Å². The fourth-order valence-corrected chi connectivity index (χ4v) is 3.50. The zero-order chi connectivity index (χ0) is 18.8. The minimum atomic E-state index is -0.654. The molecule has 0 unspecified atom stereocenters. The Kier molecular flexibility index (Phi) is 4.47. The van der Waals surface area contributed by atoms with Crippen molar-refractivity contribution in [2.24, 2.45) is 0 Å². The van der Waals surface area contributed by atoms with Crippen LogP contribution in [0, 0.1) is 0 Å². The molecular weight excluding hydrogens is 364 g/mol. The summed E-state index contributed by atoms with van der Waals surface area (Å²) in [5, 5.41) is 19.6. The second kappa shape index (κ2) is 7.08. The topological polar surface area (TPSA) is 100 Å². The van der Waals surface area contributed by atoms with Crippen molar-refractivity contribution < 1.29 is 9.90 Å². The molecule has 0 spiro atoms. The Labute approximate surface area is 157 Å². The fraction of sp³-hybridized carbons (Fsp3) is 0.105. The molecular formula is C19H16N4O3S. The SMILES string of the molecule is O=C(NCc1cccs1)c1c(O)c2cnn(Cc3ccccc3)c2[nH]c1=O. The summed E-state index contributed by atoms with van der Waals surface area (Å²) in [5.41, 5.74) is 0.411. The fourth-order valence-electron chi connectivity index (χ4n) is 2.86. The van der Waals surface area contributed by atoms with Crippen LogP contribution in [0.1, 0.15) is 20.8 Å². The minimum Gasteiger partial charge on any atom is -0.506 e. The van der Waals surface area contributed by atoms with Crippen molar-refractivity contribution in [1.82, 2.24) is 20.1 Å². The molecule has 1 aromatic carbocycles. The smallest absolute Gasteiger partial charge is 0.266 e. The summed E-state index contributed by atoms with van der Waals surface area (Å²) in [6, 6.07) is 13.4. The molecule has 0 bridgehead atoms. The summed E-state index contributed by atoms with van der Waals surface area (Å²) in [5.74, 6) is -0.989. The molecule has 0 fully saturated rings. The van der Waals surface area contributed by atoms with Gasteiger partial charge in [0.05, 0.1) is 24.7 Å². The van der Waals surface area contributed by atoms with Gasteiger partial charge in [0.1, 0.15) is 17.0 Å². The molecule has 0 saturated heterocycles. The minimum absolute atomic E-state index is 0.292. The molecule has 0 aliphatic carbocycles. The van der Waals surface area contributed by atoms with E-state index in [1.54, 1.807) is 4.68 Å². The Morgan fingerprint density at radius 2 is 2.04 bits per heavy atom. The van der Waals surface area contributed by atoms with Crippen LogP contribution >= 0.6 is 11.3 Å². The van der Waals surface area contributed by atoms with Crippen LogP contribution in [0.25, 0.3) is 11.0 Å². The van der Waals surface area contributed by atoms with Gasteiger partial charge in [-0.2, -0.15) is 5.10 Å². The van der Waals surface area contributed by atoms with E-state index in [2.05, 4.69) is 15.4 Å². The molecule has 0 aliphatic rings. The maximum absolute atomic E-state index is 12.4. The third-order valence-electron chi connectivity index (χ3n) is 4.20. The van der Waals surface area contributed by atoms with Gasteiger partial charge in [-0.25, -0.2) is 4.68 Å². The van der Waals surface area contributed by atoms with Gasteiger partial charge in [-0.05, 0) is 17.0 Å². The predicted octanol–water partition coefficient (Wildman–Crippen LogP) is 2.47. The van der Waals surface area contributed by atoms with Crippen LogP contribution in [0.2, 0.25) is 0 Å². The highest BCUT2D eigenvalue weighted by Gasteiger charge is 2.21. The Morgan fingerprint density at radius 1 is 1.22 bits per heavy atom. The quantitative estimate of drug-likeness (QED) is 0.495. The standard InChI is InChI=1S/C19H16N4O3S/c24-16-14-10-21-23(11-12-5-2-1-3-6-12)17(14)22-19(26)15(16)18(25)20-9-13-7-4-8-27-13/h1-8,10H,9,11H2,(H,20,25)(H2,22,24,26). The molecule has 1 amide bonds. The van der Waals surface area contributed by atoms with E-state index in [-0.39, 0.29) is 11.3 Å². The zero-order valence-corrected chi connectivity index (χ0v) is 15.0. The van der Waals surface area contributed by atoms with Gasteiger partial charge in [-0.3, -0.25) is 9.59 Å². The molecule has 136 valence electrons. The lowest BCUT2D eigenvalue weighted by atomic mass is 10.2. The van der Waals surface area contributed by atoms with Crippen molar-refractivity contribution >= 4 is 28.3 Å². The number of aromatic amines is 1. The molecule has 0 saturated carbocycles. The van der Waals surface area contributed by atoms with Gasteiger partial charge < -0.3 is 15.4 Å². The van der Waals surface area contributed by atoms with E-state index in [1.807, 2.05) is 47.8 Å². The highest BCUT2D eigenvalue weighted by molar-refractivity contribution is 7.09. The Balaban J connectivity index is 1.65. The van der Waals surface area contributed by atoms with Gasteiger partial charge in [0.15, 0.2) is 0 Å². The molecule has 3 heterocycles. The number of aromatic nitrogens is 3. The van der Waals surface area contributed by atoms with E-state index in [4.69, 9.17) is 0 Å².